The van der Waals surface area contributed by atoms with Crippen molar-refractivity contribution in [3.8, 4) is 0 Å². The Kier molecular flexibility index (Phi) is 3.47. The Morgan fingerprint density at radius 3 is 2.80 bits per heavy atom. The summed E-state index contributed by atoms with van der Waals surface area (Å²) in [5.41, 5.74) is 0.801. The number of benzene rings is 1. The average Bonchev–Trinajstić information content (AvgIpc) is 2.96. The molecule has 2 heterocycles. The maximum absolute atomic E-state index is 12.5. The van der Waals surface area contributed by atoms with E-state index in [9.17, 15) is 9.59 Å². The molecule has 6 heteroatoms. The highest BCUT2D eigenvalue weighted by molar-refractivity contribution is 7.09. The second-order valence-electron chi connectivity index (χ2n) is 4.53. The first-order chi connectivity index (χ1) is 9.74. The number of carbonyl (C=O) groups excluding carboxylic acids is 2. The molecular formula is C14H13N3O2S. The van der Waals surface area contributed by atoms with Crippen molar-refractivity contribution in [2.75, 3.05) is 6.54 Å². The van der Waals surface area contributed by atoms with E-state index in [-0.39, 0.29) is 18.4 Å². The number of piperazine rings is 1. The van der Waals surface area contributed by atoms with Gasteiger partial charge in [-0.25, -0.2) is 4.98 Å². The molecule has 0 aliphatic carbocycles. The maximum atomic E-state index is 12.5. The molecule has 2 amide bonds. The second-order valence-corrected chi connectivity index (χ2v) is 5.51. The van der Waals surface area contributed by atoms with Gasteiger partial charge in [-0.1, -0.05) is 30.3 Å². The van der Waals surface area contributed by atoms with Crippen LogP contribution in [-0.4, -0.2) is 28.2 Å². The van der Waals surface area contributed by atoms with E-state index in [4.69, 9.17) is 0 Å². The fraction of sp³-hybridized carbons (Fsp3) is 0.214. The molecule has 1 atom stereocenters. The van der Waals surface area contributed by atoms with E-state index < -0.39 is 6.04 Å². The zero-order valence-electron chi connectivity index (χ0n) is 10.7. The summed E-state index contributed by atoms with van der Waals surface area (Å²) in [7, 11) is 0. The number of aromatic nitrogens is 1. The molecule has 2 aromatic rings. The summed E-state index contributed by atoms with van der Waals surface area (Å²) in [5, 5.41) is 5.44. The molecule has 1 saturated heterocycles. The number of amides is 2. The predicted octanol–water partition coefficient (Wildman–Crippen LogP) is 1.34. The third-order valence-electron chi connectivity index (χ3n) is 3.14. The summed E-state index contributed by atoms with van der Waals surface area (Å²) in [6, 6.07) is 8.68. The summed E-state index contributed by atoms with van der Waals surface area (Å²) < 4.78 is 0. The molecule has 0 spiro atoms. The van der Waals surface area contributed by atoms with E-state index in [0.29, 0.717) is 6.54 Å². The van der Waals surface area contributed by atoms with Crippen molar-refractivity contribution in [1.29, 1.82) is 0 Å². The monoisotopic (exact) mass is 287 g/mol. The van der Waals surface area contributed by atoms with Gasteiger partial charge >= 0.3 is 0 Å². The zero-order chi connectivity index (χ0) is 13.9. The SMILES string of the molecule is O=C1CN(Cc2nccs2)C(=O)C(c2ccccc2)N1. The van der Waals surface area contributed by atoms with Gasteiger partial charge in [-0.05, 0) is 5.56 Å². The Morgan fingerprint density at radius 2 is 2.10 bits per heavy atom. The maximum Gasteiger partial charge on any atom is 0.250 e. The van der Waals surface area contributed by atoms with Gasteiger partial charge in [0.2, 0.25) is 5.91 Å². The van der Waals surface area contributed by atoms with Crippen LogP contribution in [0.3, 0.4) is 0 Å². The molecule has 0 bridgehead atoms. The first-order valence-corrected chi connectivity index (χ1v) is 7.13. The fourth-order valence-corrected chi connectivity index (χ4v) is 2.83. The summed E-state index contributed by atoms with van der Waals surface area (Å²) >= 11 is 1.48. The van der Waals surface area contributed by atoms with Crippen LogP contribution in [0.5, 0.6) is 0 Å². The number of thiazole rings is 1. The molecule has 3 rings (SSSR count). The number of rotatable bonds is 3. The lowest BCUT2D eigenvalue weighted by Crippen LogP contribution is -2.52. The lowest BCUT2D eigenvalue weighted by molar-refractivity contribution is -0.145. The first-order valence-electron chi connectivity index (χ1n) is 6.25. The van der Waals surface area contributed by atoms with E-state index in [2.05, 4.69) is 10.3 Å². The van der Waals surface area contributed by atoms with Crippen molar-refractivity contribution < 1.29 is 9.59 Å². The highest BCUT2D eigenvalue weighted by Gasteiger charge is 2.33. The molecular weight excluding hydrogens is 274 g/mol. The minimum Gasteiger partial charge on any atom is -0.339 e. The highest BCUT2D eigenvalue weighted by atomic mass is 32.1. The number of carbonyl (C=O) groups is 2. The van der Waals surface area contributed by atoms with Crippen molar-refractivity contribution in [3.05, 3.63) is 52.5 Å². The van der Waals surface area contributed by atoms with E-state index in [1.807, 2.05) is 35.7 Å². The van der Waals surface area contributed by atoms with Gasteiger partial charge in [0.05, 0.1) is 6.54 Å². The van der Waals surface area contributed by atoms with Crippen molar-refractivity contribution in [1.82, 2.24) is 15.2 Å². The van der Waals surface area contributed by atoms with Gasteiger partial charge in [0.25, 0.3) is 5.91 Å². The van der Waals surface area contributed by atoms with Crippen molar-refractivity contribution >= 4 is 23.2 Å². The normalized spacial score (nSPS) is 19.0. The topological polar surface area (TPSA) is 62.3 Å². The quantitative estimate of drug-likeness (QED) is 0.926. The van der Waals surface area contributed by atoms with E-state index >= 15 is 0 Å². The van der Waals surface area contributed by atoms with E-state index in [0.717, 1.165) is 10.6 Å². The second kappa shape index (κ2) is 5.42. The molecule has 5 nitrogen and oxygen atoms in total. The lowest BCUT2D eigenvalue weighted by atomic mass is 10.0. The first kappa shape index (κ1) is 12.8. The predicted molar refractivity (Wildman–Crippen MR) is 74.9 cm³/mol. The van der Waals surface area contributed by atoms with Crippen LogP contribution in [0.1, 0.15) is 16.6 Å². The minimum absolute atomic E-state index is 0.0851. The van der Waals surface area contributed by atoms with Crippen LogP contribution in [0.15, 0.2) is 41.9 Å². The molecule has 1 aliphatic rings. The van der Waals surface area contributed by atoms with Crippen LogP contribution < -0.4 is 5.32 Å². The molecule has 1 unspecified atom stereocenters. The van der Waals surface area contributed by atoms with Gasteiger partial charge in [0.15, 0.2) is 0 Å². The van der Waals surface area contributed by atoms with Crippen LogP contribution in [0.2, 0.25) is 0 Å². The van der Waals surface area contributed by atoms with Gasteiger partial charge in [-0.3, -0.25) is 9.59 Å². The Labute approximate surface area is 120 Å². The van der Waals surface area contributed by atoms with Crippen LogP contribution in [0.25, 0.3) is 0 Å². The molecule has 20 heavy (non-hydrogen) atoms. The molecule has 0 radical (unpaired) electrons. The zero-order valence-corrected chi connectivity index (χ0v) is 11.5. The van der Waals surface area contributed by atoms with Crippen LogP contribution in [0, 0.1) is 0 Å². The van der Waals surface area contributed by atoms with Crippen molar-refractivity contribution in [2.24, 2.45) is 0 Å². The van der Waals surface area contributed by atoms with E-state index in [1.54, 1.807) is 11.1 Å². The molecule has 0 saturated carbocycles. The number of hydrogen-bond donors (Lipinski definition) is 1. The van der Waals surface area contributed by atoms with Crippen LogP contribution in [-0.2, 0) is 16.1 Å². The summed E-state index contributed by atoms with van der Waals surface area (Å²) in [6.45, 7) is 0.467. The highest BCUT2D eigenvalue weighted by Crippen LogP contribution is 2.21. The molecule has 1 aromatic heterocycles. The summed E-state index contributed by atoms with van der Waals surface area (Å²) in [6.07, 6.45) is 1.70. The Balaban J connectivity index is 1.82. The Morgan fingerprint density at radius 1 is 1.30 bits per heavy atom. The van der Waals surface area contributed by atoms with E-state index in [1.165, 1.54) is 11.3 Å². The van der Waals surface area contributed by atoms with Gasteiger partial charge in [-0.15, -0.1) is 11.3 Å². The molecule has 1 aromatic carbocycles. The lowest BCUT2D eigenvalue weighted by Gasteiger charge is -2.32. The summed E-state index contributed by atoms with van der Waals surface area (Å²) in [5.74, 6) is -0.235. The van der Waals surface area contributed by atoms with Gasteiger partial charge in [0.1, 0.15) is 17.6 Å². The van der Waals surface area contributed by atoms with Gasteiger partial charge in [-0.2, -0.15) is 0 Å². The third-order valence-corrected chi connectivity index (χ3v) is 3.91. The fourth-order valence-electron chi connectivity index (χ4n) is 2.20. The third kappa shape index (κ3) is 2.55. The Bertz CT molecular complexity index is 613. The largest absolute Gasteiger partial charge is 0.339 e. The molecule has 102 valence electrons. The minimum atomic E-state index is -0.600. The van der Waals surface area contributed by atoms with Gasteiger partial charge in [0, 0.05) is 11.6 Å². The Hall–Kier alpha value is -2.21. The molecule has 1 aliphatic heterocycles. The summed E-state index contributed by atoms with van der Waals surface area (Å²) in [4.78, 5) is 30.0. The average molecular weight is 287 g/mol. The molecule has 1 N–H and O–H groups in total. The van der Waals surface area contributed by atoms with Crippen molar-refractivity contribution in [3.63, 3.8) is 0 Å². The standard InChI is InChI=1S/C14H13N3O2S/c18-11-8-17(9-12-15-6-7-20-12)14(19)13(16-11)10-4-2-1-3-5-10/h1-7,13H,8-9H2,(H,16,18). The number of nitrogens with zero attached hydrogens (tertiary/aromatic N) is 2. The van der Waals surface area contributed by atoms with Gasteiger partial charge < -0.3 is 10.2 Å². The number of hydrogen-bond acceptors (Lipinski definition) is 4. The van der Waals surface area contributed by atoms with Crippen molar-refractivity contribution in [2.45, 2.75) is 12.6 Å². The number of nitrogens with one attached hydrogen (secondary N) is 1. The smallest absolute Gasteiger partial charge is 0.250 e. The molecule has 1 fully saturated rings. The van der Waals surface area contributed by atoms with Crippen LogP contribution in [0.4, 0.5) is 0 Å². The van der Waals surface area contributed by atoms with Crippen LogP contribution >= 0.6 is 11.3 Å².